The highest BCUT2D eigenvalue weighted by atomic mass is 16.5. The molecule has 40 heavy (non-hydrogen) atoms. The second-order valence-electron chi connectivity index (χ2n) is 9.02. The van der Waals surface area contributed by atoms with Gasteiger partial charge < -0.3 is 46.3 Å². The molecule has 0 unspecified atom stereocenters. The first-order valence-corrected chi connectivity index (χ1v) is 12.4. The van der Waals surface area contributed by atoms with E-state index in [0.29, 0.717) is 5.56 Å². The zero-order valence-corrected chi connectivity index (χ0v) is 22.3. The third-order valence-electron chi connectivity index (χ3n) is 5.86. The maximum Gasteiger partial charge on any atom is 0.331 e. The van der Waals surface area contributed by atoms with Crippen molar-refractivity contribution >= 4 is 29.6 Å². The highest BCUT2D eigenvalue weighted by molar-refractivity contribution is 5.98. The van der Waals surface area contributed by atoms with Crippen LogP contribution < -0.4 is 21.3 Å². The summed E-state index contributed by atoms with van der Waals surface area (Å²) in [6, 6.07) is 5.83. The van der Waals surface area contributed by atoms with E-state index < -0.39 is 72.6 Å². The molecule has 6 atom stereocenters. The van der Waals surface area contributed by atoms with Crippen LogP contribution in [-0.2, 0) is 30.3 Å². The number of carbonyl (C=O) groups excluding carboxylic acids is 5. The zero-order valence-electron chi connectivity index (χ0n) is 22.3. The maximum absolute atomic E-state index is 13.1. The summed E-state index contributed by atoms with van der Waals surface area (Å²) in [5, 5.41) is 39.2. The lowest BCUT2D eigenvalue weighted by Gasteiger charge is -2.26. The Labute approximate surface area is 230 Å². The standard InChI is InChI=1S/C26H35N5O9/c1-14(33)20(30-22(35)17-10-7-11-27-17)25(38)29-19(13-32)24(37)28-18(12-16-8-5-4-6-9-16)23(36)31-21(15(2)34)26(39)40-3/h4-11,14-15,18-21,27,32-34H,12-13H2,1-3H3,(H,28,37)(H,29,38)(H,30,35)(H,31,36)/t14-,15-,18-,19-,20-,21-/m0/s1. The fourth-order valence-corrected chi connectivity index (χ4v) is 3.64. The average Bonchev–Trinajstić information content (AvgIpc) is 3.47. The monoisotopic (exact) mass is 561 g/mol. The van der Waals surface area contributed by atoms with Crippen LogP contribution in [0.3, 0.4) is 0 Å². The molecule has 1 heterocycles. The van der Waals surface area contributed by atoms with Crippen LogP contribution in [0.5, 0.6) is 0 Å². The van der Waals surface area contributed by atoms with Crippen molar-refractivity contribution < 1.29 is 44.0 Å². The van der Waals surface area contributed by atoms with Crippen LogP contribution in [0, 0.1) is 0 Å². The summed E-state index contributed by atoms with van der Waals surface area (Å²) in [5.74, 6) is -4.35. The zero-order chi connectivity index (χ0) is 29.8. The molecule has 1 aromatic carbocycles. The van der Waals surface area contributed by atoms with Crippen molar-refractivity contribution in [2.45, 2.75) is 56.6 Å². The minimum Gasteiger partial charge on any atom is -0.467 e. The molecule has 8 N–H and O–H groups in total. The molecule has 14 heteroatoms. The number of aromatic nitrogens is 1. The van der Waals surface area contributed by atoms with Gasteiger partial charge in [0.05, 0.1) is 25.9 Å². The number of methoxy groups -OCH3 is 1. The number of rotatable bonds is 14. The number of aromatic amines is 1. The van der Waals surface area contributed by atoms with E-state index in [1.807, 2.05) is 0 Å². The fourth-order valence-electron chi connectivity index (χ4n) is 3.64. The third kappa shape index (κ3) is 9.18. The lowest BCUT2D eigenvalue weighted by molar-refractivity contribution is -0.148. The van der Waals surface area contributed by atoms with E-state index in [2.05, 4.69) is 31.0 Å². The van der Waals surface area contributed by atoms with Gasteiger partial charge >= 0.3 is 5.97 Å². The summed E-state index contributed by atoms with van der Waals surface area (Å²) in [6.07, 6.45) is -1.23. The minimum atomic E-state index is -1.57. The van der Waals surface area contributed by atoms with Crippen LogP contribution in [-0.4, -0.2) is 100.0 Å². The number of aliphatic hydroxyl groups is 3. The van der Waals surface area contributed by atoms with Crippen molar-refractivity contribution in [2.75, 3.05) is 13.7 Å². The Morgan fingerprint density at radius 3 is 1.93 bits per heavy atom. The maximum atomic E-state index is 13.1. The van der Waals surface area contributed by atoms with Gasteiger partial charge in [0.1, 0.15) is 23.8 Å². The molecule has 0 aliphatic carbocycles. The molecule has 0 aliphatic heterocycles. The van der Waals surface area contributed by atoms with Gasteiger partial charge in [-0.2, -0.15) is 0 Å². The van der Waals surface area contributed by atoms with Crippen molar-refractivity contribution in [3.8, 4) is 0 Å². The van der Waals surface area contributed by atoms with Gasteiger partial charge in [0.2, 0.25) is 17.7 Å². The van der Waals surface area contributed by atoms with E-state index >= 15 is 0 Å². The van der Waals surface area contributed by atoms with Gasteiger partial charge in [0, 0.05) is 12.6 Å². The van der Waals surface area contributed by atoms with Crippen LogP contribution >= 0.6 is 0 Å². The van der Waals surface area contributed by atoms with Crippen LogP contribution in [0.25, 0.3) is 0 Å². The smallest absolute Gasteiger partial charge is 0.331 e. The van der Waals surface area contributed by atoms with Gasteiger partial charge in [0.15, 0.2) is 6.04 Å². The first-order chi connectivity index (χ1) is 19.0. The molecule has 1 aromatic heterocycles. The molecular formula is C26H35N5O9. The molecule has 0 saturated carbocycles. The fraction of sp³-hybridized carbons (Fsp3) is 0.423. The van der Waals surface area contributed by atoms with Crippen LogP contribution in [0.15, 0.2) is 48.7 Å². The summed E-state index contributed by atoms with van der Waals surface area (Å²) < 4.78 is 4.61. The van der Waals surface area contributed by atoms with E-state index in [9.17, 15) is 39.3 Å². The van der Waals surface area contributed by atoms with Gasteiger partial charge in [-0.1, -0.05) is 30.3 Å². The number of esters is 1. The van der Waals surface area contributed by atoms with E-state index in [1.165, 1.54) is 26.1 Å². The quantitative estimate of drug-likeness (QED) is 0.116. The van der Waals surface area contributed by atoms with Crippen molar-refractivity contribution in [3.63, 3.8) is 0 Å². The van der Waals surface area contributed by atoms with Gasteiger partial charge in [-0.3, -0.25) is 19.2 Å². The van der Waals surface area contributed by atoms with E-state index in [-0.39, 0.29) is 12.1 Å². The molecule has 0 fully saturated rings. The predicted molar refractivity (Wildman–Crippen MR) is 140 cm³/mol. The van der Waals surface area contributed by atoms with Crippen molar-refractivity contribution in [2.24, 2.45) is 0 Å². The van der Waals surface area contributed by atoms with Crippen LogP contribution in [0.4, 0.5) is 0 Å². The first-order valence-electron chi connectivity index (χ1n) is 12.4. The Morgan fingerprint density at radius 2 is 1.40 bits per heavy atom. The highest BCUT2D eigenvalue weighted by Gasteiger charge is 2.34. The Morgan fingerprint density at radius 1 is 0.800 bits per heavy atom. The van der Waals surface area contributed by atoms with Gasteiger partial charge in [-0.05, 0) is 31.5 Å². The van der Waals surface area contributed by atoms with Gasteiger partial charge in [-0.15, -0.1) is 0 Å². The number of nitrogens with one attached hydrogen (secondary N) is 5. The summed E-state index contributed by atoms with van der Waals surface area (Å²) in [5.41, 5.74) is 0.771. The highest BCUT2D eigenvalue weighted by Crippen LogP contribution is 2.06. The molecule has 14 nitrogen and oxygen atoms in total. The number of aliphatic hydroxyl groups excluding tert-OH is 3. The topological polar surface area (TPSA) is 219 Å². The molecule has 0 aliphatic rings. The van der Waals surface area contributed by atoms with Crippen molar-refractivity contribution in [3.05, 3.63) is 59.9 Å². The SMILES string of the molecule is COC(=O)[C@@H](NC(=O)[C@H](Cc1ccccc1)NC(=O)[C@H](CO)NC(=O)[C@@H](NC(=O)c1ccc[nH]1)[C@H](C)O)[C@H](C)O. The molecule has 0 radical (unpaired) electrons. The second kappa shape index (κ2) is 15.4. The molecule has 2 aromatic rings. The normalized spacial score (nSPS) is 15.3. The molecular weight excluding hydrogens is 526 g/mol. The largest absolute Gasteiger partial charge is 0.467 e. The van der Waals surface area contributed by atoms with Crippen molar-refractivity contribution in [1.29, 1.82) is 0 Å². The number of carbonyl (C=O) groups is 5. The molecule has 0 spiro atoms. The van der Waals surface area contributed by atoms with E-state index in [1.54, 1.807) is 36.4 Å². The molecule has 4 amide bonds. The molecule has 2 rings (SSSR count). The lowest BCUT2D eigenvalue weighted by atomic mass is 10.0. The van der Waals surface area contributed by atoms with Crippen LogP contribution in [0.2, 0.25) is 0 Å². The average molecular weight is 562 g/mol. The molecule has 0 saturated heterocycles. The Hall–Kier alpha value is -4.27. The summed E-state index contributed by atoms with van der Waals surface area (Å²) >= 11 is 0. The first kappa shape index (κ1) is 31.9. The van der Waals surface area contributed by atoms with E-state index in [4.69, 9.17) is 0 Å². The molecule has 0 bridgehead atoms. The summed E-state index contributed by atoms with van der Waals surface area (Å²) in [7, 11) is 1.09. The van der Waals surface area contributed by atoms with Crippen LogP contribution in [0.1, 0.15) is 29.9 Å². The lowest BCUT2D eigenvalue weighted by Crippen LogP contribution is -2.61. The minimum absolute atomic E-state index is 0.0410. The Bertz CT molecular complexity index is 1140. The Balaban J connectivity index is 2.19. The number of amides is 4. The number of benzene rings is 1. The third-order valence-corrected chi connectivity index (χ3v) is 5.86. The van der Waals surface area contributed by atoms with Gasteiger partial charge in [-0.25, -0.2) is 4.79 Å². The van der Waals surface area contributed by atoms with E-state index in [0.717, 1.165) is 7.11 Å². The molecule has 218 valence electrons. The summed E-state index contributed by atoms with van der Waals surface area (Å²) in [6.45, 7) is 1.65. The predicted octanol–water partition coefficient (Wildman–Crippen LogP) is -2.26. The number of hydrogen-bond acceptors (Lipinski definition) is 9. The Kier molecular flexibility index (Phi) is 12.3. The summed E-state index contributed by atoms with van der Waals surface area (Å²) in [4.78, 5) is 66.1. The second-order valence-corrected chi connectivity index (χ2v) is 9.02. The number of hydrogen-bond donors (Lipinski definition) is 8. The number of ether oxygens (including phenoxy) is 1. The van der Waals surface area contributed by atoms with Gasteiger partial charge in [0.25, 0.3) is 5.91 Å². The van der Waals surface area contributed by atoms with Crippen molar-refractivity contribution in [1.82, 2.24) is 26.3 Å². The number of H-pyrrole nitrogens is 1.